The second-order valence-corrected chi connectivity index (χ2v) is 5.63. The monoisotopic (exact) mass is 118 g/mol. The minimum Gasteiger partial charge on any atom is -0.397 e. The van der Waals surface area contributed by atoms with E-state index in [1.807, 2.05) is 0 Å². The Morgan fingerprint density at radius 2 is 2.14 bits per heavy atom. The summed E-state index contributed by atoms with van der Waals surface area (Å²) < 4.78 is 0. The lowest BCUT2D eigenvalue weighted by Gasteiger charge is -1.99. The minimum absolute atomic E-state index is 0.404. The first-order valence-electron chi connectivity index (χ1n) is 2.92. The van der Waals surface area contributed by atoms with Gasteiger partial charge in [0.2, 0.25) is 0 Å². The molecule has 0 fully saturated rings. The summed E-state index contributed by atoms with van der Waals surface area (Å²) in [6, 6.07) is 2.41. The van der Waals surface area contributed by atoms with E-state index >= 15 is 0 Å². The van der Waals surface area contributed by atoms with Gasteiger partial charge in [0.15, 0.2) is 0 Å². The average Bonchev–Trinajstić information content (AvgIpc) is 1.68. The van der Waals surface area contributed by atoms with Gasteiger partial charge >= 0.3 is 0 Å². The van der Waals surface area contributed by atoms with Gasteiger partial charge in [-0.05, 0) is 6.04 Å². The predicted molar refractivity (Wildman–Crippen MR) is 35.4 cm³/mol. The zero-order chi connectivity index (χ0) is 5.70. The van der Waals surface area contributed by atoms with Gasteiger partial charge in [-0.2, -0.15) is 0 Å². The maximum Gasteiger partial charge on any atom is 0.0404 e. The molecule has 7 heavy (non-hydrogen) atoms. The maximum atomic E-state index is 8.40. The van der Waals surface area contributed by atoms with Gasteiger partial charge in [0.25, 0.3) is 0 Å². The molecule has 2 heteroatoms. The number of hydrogen-bond acceptors (Lipinski definition) is 1. The third-order valence-electron chi connectivity index (χ3n) is 1.32. The Hall–Kier alpha value is 0.177. The molecular weight excluding hydrogens is 104 g/mol. The zero-order valence-corrected chi connectivity index (χ0v) is 6.30. The molecule has 1 nitrogen and oxygen atoms in total. The Morgan fingerprint density at radius 3 is 2.29 bits per heavy atom. The van der Waals surface area contributed by atoms with E-state index in [0.29, 0.717) is 6.61 Å². The van der Waals surface area contributed by atoms with E-state index in [0.717, 1.165) is 6.04 Å². The molecule has 0 amide bonds. The van der Waals surface area contributed by atoms with Gasteiger partial charge in [-0.25, -0.2) is 0 Å². The van der Waals surface area contributed by atoms with Crippen molar-refractivity contribution in [3.8, 4) is 0 Å². The summed E-state index contributed by atoms with van der Waals surface area (Å²) in [6.45, 7) is 4.89. The van der Waals surface area contributed by atoms with Gasteiger partial charge in [-0.15, -0.1) is 0 Å². The average molecular weight is 118 g/mol. The molecular formula is C5H14OSi. The van der Waals surface area contributed by atoms with Crippen molar-refractivity contribution in [2.24, 2.45) is 0 Å². The van der Waals surface area contributed by atoms with E-state index < -0.39 is 8.80 Å². The SMILES string of the molecule is CC[SiH](C)CCO. The molecule has 0 radical (unpaired) electrons. The second kappa shape index (κ2) is 4.34. The summed E-state index contributed by atoms with van der Waals surface area (Å²) in [5.41, 5.74) is 0. The highest BCUT2D eigenvalue weighted by atomic mass is 28.3. The van der Waals surface area contributed by atoms with Crippen molar-refractivity contribution in [2.75, 3.05) is 6.61 Å². The predicted octanol–water partition coefficient (Wildman–Crippen LogP) is 0.855. The molecule has 0 rings (SSSR count). The van der Waals surface area contributed by atoms with Crippen molar-refractivity contribution in [1.29, 1.82) is 0 Å². The molecule has 0 aromatic rings. The first kappa shape index (κ1) is 7.18. The Labute approximate surface area is 47.0 Å². The molecule has 44 valence electrons. The Bertz CT molecular complexity index is 39.1. The molecule has 0 bridgehead atoms. The quantitative estimate of drug-likeness (QED) is 0.545. The van der Waals surface area contributed by atoms with Gasteiger partial charge in [-0.1, -0.05) is 19.5 Å². The van der Waals surface area contributed by atoms with Crippen LogP contribution in [0.3, 0.4) is 0 Å². The number of aliphatic hydroxyl groups excluding tert-OH is 1. The van der Waals surface area contributed by atoms with E-state index in [2.05, 4.69) is 13.5 Å². The van der Waals surface area contributed by atoms with Crippen LogP contribution in [0.5, 0.6) is 0 Å². The third kappa shape index (κ3) is 4.02. The highest BCUT2D eigenvalue weighted by Crippen LogP contribution is 1.94. The minimum atomic E-state index is -0.431. The fourth-order valence-corrected chi connectivity index (χ4v) is 1.27. The van der Waals surface area contributed by atoms with Crippen molar-refractivity contribution >= 4 is 8.80 Å². The molecule has 0 aliphatic heterocycles. The van der Waals surface area contributed by atoms with E-state index in [-0.39, 0.29) is 0 Å². The van der Waals surface area contributed by atoms with Crippen molar-refractivity contribution in [2.45, 2.75) is 25.6 Å². The number of aliphatic hydroxyl groups is 1. The molecule has 0 aromatic carbocycles. The molecule has 1 atom stereocenters. The van der Waals surface area contributed by atoms with Crippen LogP contribution in [0.15, 0.2) is 0 Å². The summed E-state index contributed by atoms with van der Waals surface area (Å²) >= 11 is 0. The summed E-state index contributed by atoms with van der Waals surface area (Å²) in [7, 11) is -0.431. The van der Waals surface area contributed by atoms with Crippen molar-refractivity contribution in [1.82, 2.24) is 0 Å². The van der Waals surface area contributed by atoms with Crippen molar-refractivity contribution in [3.63, 3.8) is 0 Å². The summed E-state index contributed by atoms with van der Waals surface area (Å²) in [4.78, 5) is 0. The van der Waals surface area contributed by atoms with Gasteiger partial charge in [-0.3, -0.25) is 0 Å². The van der Waals surface area contributed by atoms with Crippen LogP contribution in [0.25, 0.3) is 0 Å². The van der Waals surface area contributed by atoms with E-state index in [1.54, 1.807) is 0 Å². The second-order valence-electron chi connectivity index (χ2n) is 2.03. The lowest BCUT2D eigenvalue weighted by molar-refractivity contribution is 0.317. The molecule has 0 aliphatic carbocycles. The van der Waals surface area contributed by atoms with Crippen LogP contribution in [0.4, 0.5) is 0 Å². The molecule has 1 unspecified atom stereocenters. The van der Waals surface area contributed by atoms with E-state index in [1.165, 1.54) is 6.04 Å². The Balaban J connectivity index is 2.83. The van der Waals surface area contributed by atoms with Crippen LogP contribution in [0, 0.1) is 0 Å². The summed E-state index contributed by atoms with van der Waals surface area (Å²) in [5.74, 6) is 0. The fraction of sp³-hybridized carbons (Fsp3) is 1.00. The highest BCUT2D eigenvalue weighted by molar-refractivity contribution is 6.57. The normalized spacial score (nSPS) is 14.1. The molecule has 0 spiro atoms. The molecule has 0 saturated heterocycles. The largest absolute Gasteiger partial charge is 0.397 e. The van der Waals surface area contributed by atoms with Gasteiger partial charge in [0.05, 0.1) is 0 Å². The van der Waals surface area contributed by atoms with Gasteiger partial charge < -0.3 is 5.11 Å². The van der Waals surface area contributed by atoms with E-state index in [9.17, 15) is 0 Å². The molecule has 0 heterocycles. The number of rotatable bonds is 3. The topological polar surface area (TPSA) is 20.2 Å². The van der Waals surface area contributed by atoms with Crippen LogP contribution in [0.2, 0.25) is 18.6 Å². The van der Waals surface area contributed by atoms with Gasteiger partial charge in [0.1, 0.15) is 0 Å². The Kier molecular flexibility index (Phi) is 4.45. The Morgan fingerprint density at radius 1 is 1.57 bits per heavy atom. The molecule has 0 aromatic heterocycles. The zero-order valence-electron chi connectivity index (χ0n) is 5.15. The standard InChI is InChI=1S/C5H14OSi/c1-3-7(2)5-4-6/h6-7H,3-5H2,1-2H3. The third-order valence-corrected chi connectivity index (χ3v) is 3.96. The van der Waals surface area contributed by atoms with Crippen LogP contribution < -0.4 is 0 Å². The van der Waals surface area contributed by atoms with E-state index in [4.69, 9.17) is 5.11 Å². The van der Waals surface area contributed by atoms with Crippen molar-refractivity contribution < 1.29 is 5.11 Å². The van der Waals surface area contributed by atoms with Crippen LogP contribution in [-0.2, 0) is 0 Å². The first-order chi connectivity index (χ1) is 3.31. The fourth-order valence-electron chi connectivity index (χ4n) is 0.425. The molecule has 0 saturated carbocycles. The van der Waals surface area contributed by atoms with Crippen LogP contribution in [0.1, 0.15) is 6.92 Å². The lowest BCUT2D eigenvalue weighted by atomic mass is 10.9. The number of hydrogen-bond donors (Lipinski definition) is 1. The smallest absolute Gasteiger partial charge is 0.0404 e. The van der Waals surface area contributed by atoms with Crippen molar-refractivity contribution in [3.05, 3.63) is 0 Å². The lowest BCUT2D eigenvalue weighted by Crippen LogP contribution is -2.05. The van der Waals surface area contributed by atoms with Crippen LogP contribution in [-0.4, -0.2) is 20.5 Å². The van der Waals surface area contributed by atoms with Crippen LogP contribution >= 0.6 is 0 Å². The maximum absolute atomic E-state index is 8.40. The highest BCUT2D eigenvalue weighted by Gasteiger charge is 1.95. The first-order valence-corrected chi connectivity index (χ1v) is 5.70. The molecule has 0 aliphatic rings. The van der Waals surface area contributed by atoms with Gasteiger partial charge in [0, 0.05) is 15.4 Å². The summed E-state index contributed by atoms with van der Waals surface area (Å²) in [5, 5.41) is 8.40. The molecule has 1 N–H and O–H groups in total. The summed E-state index contributed by atoms with van der Waals surface area (Å²) in [6.07, 6.45) is 0.